The van der Waals surface area contributed by atoms with Gasteiger partial charge in [0.25, 0.3) is 0 Å². The van der Waals surface area contributed by atoms with Crippen LogP contribution < -0.4 is 10.1 Å². The Morgan fingerprint density at radius 1 is 1.12 bits per heavy atom. The van der Waals surface area contributed by atoms with Crippen LogP contribution >= 0.6 is 0 Å². The number of carbonyl (C=O) groups is 2. The smallest absolute Gasteiger partial charge is 0.226 e. The minimum Gasteiger partial charge on any atom is -0.496 e. The van der Waals surface area contributed by atoms with Gasteiger partial charge in [0.05, 0.1) is 7.11 Å². The monoisotopic (exact) mass is 358 g/mol. The van der Waals surface area contributed by atoms with Crippen molar-refractivity contribution in [3.05, 3.63) is 59.9 Å². The maximum atomic E-state index is 13.1. The predicted molar refractivity (Wildman–Crippen MR) is 98.6 cm³/mol. The van der Waals surface area contributed by atoms with Crippen molar-refractivity contribution in [2.75, 3.05) is 25.5 Å². The van der Waals surface area contributed by atoms with Gasteiger partial charge in [0.1, 0.15) is 11.6 Å². The number of hydrogen-bond acceptors (Lipinski definition) is 3. The Balaban J connectivity index is 1.87. The highest BCUT2D eigenvalue weighted by Gasteiger charge is 2.13. The zero-order valence-corrected chi connectivity index (χ0v) is 15.0. The van der Waals surface area contributed by atoms with Crippen LogP contribution in [-0.4, -0.2) is 36.9 Å². The molecular formula is C20H23FN2O3. The van der Waals surface area contributed by atoms with E-state index in [1.54, 1.807) is 18.1 Å². The Morgan fingerprint density at radius 3 is 2.58 bits per heavy atom. The predicted octanol–water partition coefficient (Wildman–Crippen LogP) is 3.25. The van der Waals surface area contributed by atoms with E-state index < -0.39 is 5.82 Å². The lowest BCUT2D eigenvalue weighted by Crippen LogP contribution is -2.33. The van der Waals surface area contributed by atoms with Crippen LogP contribution in [0.15, 0.2) is 48.5 Å². The Bertz CT molecular complexity index is 764. The number of benzene rings is 2. The first-order chi connectivity index (χ1) is 12.5. The van der Waals surface area contributed by atoms with Gasteiger partial charge in [-0.15, -0.1) is 0 Å². The summed E-state index contributed by atoms with van der Waals surface area (Å²) in [6, 6.07) is 13.3. The lowest BCUT2D eigenvalue weighted by atomic mass is 10.1. The number of methoxy groups -OCH3 is 1. The van der Waals surface area contributed by atoms with Crippen LogP contribution in [0.2, 0.25) is 0 Å². The summed E-state index contributed by atoms with van der Waals surface area (Å²) in [6.45, 7) is 2.27. The van der Waals surface area contributed by atoms with Gasteiger partial charge in [0.2, 0.25) is 11.8 Å². The number of anilines is 1. The molecule has 5 nitrogen and oxygen atoms in total. The number of nitrogens with one attached hydrogen (secondary N) is 1. The van der Waals surface area contributed by atoms with Gasteiger partial charge in [0, 0.05) is 32.1 Å². The van der Waals surface area contributed by atoms with Crippen molar-refractivity contribution in [3.8, 4) is 5.75 Å². The summed E-state index contributed by atoms with van der Waals surface area (Å²) in [7, 11) is 1.61. The number of amides is 2. The number of rotatable bonds is 8. The standard InChI is InChI=1S/C20H23FN2O3/c1-15(24)23(12-10-16-6-3-4-9-19(16)26-2)13-11-20(25)22-18-8-5-7-17(21)14-18/h3-9,14H,10-13H2,1-2H3,(H,22,25). The summed E-state index contributed by atoms with van der Waals surface area (Å²) in [4.78, 5) is 25.5. The summed E-state index contributed by atoms with van der Waals surface area (Å²) in [5.74, 6) is 0.00224. The molecule has 2 amide bonds. The van der Waals surface area contributed by atoms with Gasteiger partial charge in [-0.2, -0.15) is 0 Å². The summed E-state index contributed by atoms with van der Waals surface area (Å²) in [5, 5.41) is 2.63. The fourth-order valence-corrected chi connectivity index (χ4v) is 2.62. The average molecular weight is 358 g/mol. The molecule has 2 aromatic rings. The molecule has 0 radical (unpaired) electrons. The third-order valence-electron chi connectivity index (χ3n) is 4.01. The van der Waals surface area contributed by atoms with E-state index in [9.17, 15) is 14.0 Å². The summed E-state index contributed by atoms with van der Waals surface area (Å²) < 4.78 is 18.5. The second-order valence-electron chi connectivity index (χ2n) is 5.88. The molecule has 138 valence electrons. The summed E-state index contributed by atoms with van der Waals surface area (Å²) in [6.07, 6.45) is 0.775. The van der Waals surface area contributed by atoms with E-state index in [1.807, 2.05) is 24.3 Å². The van der Waals surface area contributed by atoms with Crippen molar-refractivity contribution < 1.29 is 18.7 Å². The number of nitrogens with zero attached hydrogens (tertiary/aromatic N) is 1. The molecule has 0 aliphatic heterocycles. The maximum absolute atomic E-state index is 13.1. The zero-order chi connectivity index (χ0) is 18.9. The lowest BCUT2D eigenvalue weighted by molar-refractivity contribution is -0.129. The highest BCUT2D eigenvalue weighted by Crippen LogP contribution is 2.18. The van der Waals surface area contributed by atoms with E-state index in [2.05, 4.69) is 5.32 Å². The number of halogens is 1. The molecule has 2 aromatic carbocycles. The summed E-state index contributed by atoms with van der Waals surface area (Å²) in [5.41, 5.74) is 1.41. The van der Waals surface area contributed by atoms with Crippen LogP contribution in [-0.2, 0) is 16.0 Å². The van der Waals surface area contributed by atoms with Crippen molar-refractivity contribution in [1.29, 1.82) is 0 Å². The molecule has 0 saturated heterocycles. The molecule has 0 aliphatic carbocycles. The Kier molecular flexibility index (Phi) is 7.14. The number of para-hydroxylation sites is 1. The fourth-order valence-electron chi connectivity index (χ4n) is 2.62. The fraction of sp³-hybridized carbons (Fsp3) is 0.300. The molecule has 0 spiro atoms. The van der Waals surface area contributed by atoms with E-state index in [0.717, 1.165) is 11.3 Å². The summed E-state index contributed by atoms with van der Waals surface area (Å²) >= 11 is 0. The molecule has 0 unspecified atom stereocenters. The second-order valence-corrected chi connectivity index (χ2v) is 5.88. The molecule has 0 fully saturated rings. The number of ether oxygens (including phenoxy) is 1. The van der Waals surface area contributed by atoms with Crippen LogP contribution in [0, 0.1) is 5.82 Å². The van der Waals surface area contributed by atoms with Crippen LogP contribution in [0.5, 0.6) is 5.75 Å². The third-order valence-corrected chi connectivity index (χ3v) is 4.01. The SMILES string of the molecule is COc1ccccc1CCN(CCC(=O)Nc1cccc(F)c1)C(C)=O. The molecular weight excluding hydrogens is 335 g/mol. The molecule has 0 atom stereocenters. The maximum Gasteiger partial charge on any atom is 0.226 e. The zero-order valence-electron chi connectivity index (χ0n) is 15.0. The van der Waals surface area contributed by atoms with Gasteiger partial charge in [-0.3, -0.25) is 9.59 Å². The highest BCUT2D eigenvalue weighted by molar-refractivity contribution is 5.91. The molecule has 0 aliphatic rings. The Labute approximate surface area is 152 Å². The van der Waals surface area contributed by atoms with E-state index in [0.29, 0.717) is 25.2 Å². The number of hydrogen-bond donors (Lipinski definition) is 1. The molecule has 0 bridgehead atoms. The highest BCUT2D eigenvalue weighted by atomic mass is 19.1. The molecule has 0 aromatic heterocycles. The minimum absolute atomic E-state index is 0.0987. The largest absolute Gasteiger partial charge is 0.496 e. The molecule has 6 heteroatoms. The van der Waals surface area contributed by atoms with Crippen LogP contribution in [0.4, 0.5) is 10.1 Å². The first-order valence-electron chi connectivity index (χ1n) is 8.42. The molecule has 26 heavy (non-hydrogen) atoms. The minimum atomic E-state index is -0.412. The van der Waals surface area contributed by atoms with Crippen molar-refractivity contribution >= 4 is 17.5 Å². The molecule has 2 rings (SSSR count). The van der Waals surface area contributed by atoms with E-state index >= 15 is 0 Å². The van der Waals surface area contributed by atoms with E-state index in [1.165, 1.54) is 25.1 Å². The van der Waals surface area contributed by atoms with Gasteiger partial charge in [0.15, 0.2) is 0 Å². The van der Waals surface area contributed by atoms with Crippen molar-refractivity contribution in [3.63, 3.8) is 0 Å². The van der Waals surface area contributed by atoms with Crippen LogP contribution in [0.1, 0.15) is 18.9 Å². The van der Waals surface area contributed by atoms with Crippen LogP contribution in [0.3, 0.4) is 0 Å². The topological polar surface area (TPSA) is 58.6 Å². The average Bonchev–Trinajstić information content (AvgIpc) is 2.61. The van der Waals surface area contributed by atoms with Gasteiger partial charge in [-0.05, 0) is 36.2 Å². The van der Waals surface area contributed by atoms with Crippen molar-refractivity contribution in [2.24, 2.45) is 0 Å². The van der Waals surface area contributed by atoms with Gasteiger partial charge in [-0.25, -0.2) is 4.39 Å². The van der Waals surface area contributed by atoms with Crippen molar-refractivity contribution in [2.45, 2.75) is 19.8 Å². The first kappa shape index (κ1) is 19.4. The van der Waals surface area contributed by atoms with Crippen LogP contribution in [0.25, 0.3) is 0 Å². The second kappa shape index (κ2) is 9.56. The normalized spacial score (nSPS) is 10.3. The lowest BCUT2D eigenvalue weighted by Gasteiger charge is -2.21. The third kappa shape index (κ3) is 5.88. The molecule has 1 N–H and O–H groups in total. The number of carbonyl (C=O) groups excluding carboxylic acids is 2. The van der Waals surface area contributed by atoms with Gasteiger partial charge in [-0.1, -0.05) is 24.3 Å². The van der Waals surface area contributed by atoms with E-state index in [4.69, 9.17) is 4.74 Å². The Hall–Kier alpha value is -2.89. The molecule has 0 saturated carbocycles. The van der Waals surface area contributed by atoms with Gasteiger partial charge >= 0.3 is 0 Å². The quantitative estimate of drug-likeness (QED) is 0.788. The first-order valence-corrected chi connectivity index (χ1v) is 8.42. The Morgan fingerprint density at radius 2 is 1.88 bits per heavy atom. The van der Waals surface area contributed by atoms with Gasteiger partial charge < -0.3 is 15.0 Å². The van der Waals surface area contributed by atoms with Crippen molar-refractivity contribution in [1.82, 2.24) is 4.90 Å². The van der Waals surface area contributed by atoms with E-state index in [-0.39, 0.29) is 18.2 Å². The molecule has 0 heterocycles.